The first-order valence-electron chi connectivity index (χ1n) is 6.61. The molecule has 1 heterocycles. The second-order valence-electron chi connectivity index (χ2n) is 4.73. The second-order valence-corrected chi connectivity index (χ2v) is 5.20. The van der Waals surface area contributed by atoms with Gasteiger partial charge in [-0.3, -0.25) is 9.69 Å². The maximum absolute atomic E-state index is 12.6. The van der Waals surface area contributed by atoms with Gasteiger partial charge in [0.15, 0.2) is 0 Å². The van der Waals surface area contributed by atoms with Crippen LogP contribution in [0.4, 0.5) is 5.82 Å². The van der Waals surface area contributed by atoms with Crippen molar-refractivity contribution in [2.75, 3.05) is 11.9 Å². The molecule has 2 aromatic rings. The number of nitrogens with two attached hydrogens (primary N) is 1. The van der Waals surface area contributed by atoms with Gasteiger partial charge in [0.1, 0.15) is 5.82 Å². The first kappa shape index (κ1) is 15.1. The molecule has 0 fully saturated rings. The van der Waals surface area contributed by atoms with E-state index in [9.17, 15) is 4.79 Å². The van der Waals surface area contributed by atoms with Crippen LogP contribution < -0.4 is 10.6 Å². The zero-order valence-electron chi connectivity index (χ0n) is 11.8. The van der Waals surface area contributed by atoms with Crippen LogP contribution in [0.1, 0.15) is 5.56 Å². The van der Waals surface area contributed by atoms with Gasteiger partial charge in [0.2, 0.25) is 5.91 Å². The highest BCUT2D eigenvalue weighted by Crippen LogP contribution is 2.16. The molecule has 2 N–H and O–H groups in total. The lowest BCUT2D eigenvalue weighted by Gasteiger charge is -2.22. The van der Waals surface area contributed by atoms with Crippen molar-refractivity contribution in [1.82, 2.24) is 4.98 Å². The minimum absolute atomic E-state index is 0.148. The van der Waals surface area contributed by atoms with Gasteiger partial charge in [-0.15, -0.1) is 0 Å². The minimum atomic E-state index is -0.533. The summed E-state index contributed by atoms with van der Waals surface area (Å²) in [6.07, 6.45) is 2.14. The van der Waals surface area contributed by atoms with Crippen molar-refractivity contribution in [2.24, 2.45) is 11.7 Å². The van der Waals surface area contributed by atoms with Crippen LogP contribution in [-0.2, 0) is 11.2 Å². The van der Waals surface area contributed by atoms with E-state index in [1.807, 2.05) is 36.4 Å². The van der Waals surface area contributed by atoms with E-state index in [-0.39, 0.29) is 10.9 Å². The SMILES string of the molecule is CN(C(=O)C(Cc1ccccc1)C(N)=S)c1ccccn1. The molecule has 0 saturated heterocycles. The van der Waals surface area contributed by atoms with E-state index in [0.29, 0.717) is 12.2 Å². The number of hydrogen-bond donors (Lipinski definition) is 1. The van der Waals surface area contributed by atoms with Gasteiger partial charge in [0, 0.05) is 13.2 Å². The molecule has 1 unspecified atom stereocenters. The van der Waals surface area contributed by atoms with Crippen LogP contribution >= 0.6 is 12.2 Å². The van der Waals surface area contributed by atoms with Crippen LogP contribution in [0.15, 0.2) is 54.7 Å². The maximum Gasteiger partial charge on any atom is 0.238 e. The van der Waals surface area contributed by atoms with Crippen molar-refractivity contribution in [3.63, 3.8) is 0 Å². The Morgan fingerprint density at radius 3 is 2.48 bits per heavy atom. The van der Waals surface area contributed by atoms with Crippen LogP contribution in [0.25, 0.3) is 0 Å². The van der Waals surface area contributed by atoms with Crippen LogP contribution in [0.2, 0.25) is 0 Å². The molecule has 108 valence electrons. The number of anilines is 1. The highest BCUT2D eigenvalue weighted by molar-refractivity contribution is 7.80. The molecule has 0 bridgehead atoms. The number of aromatic nitrogens is 1. The molecule has 0 radical (unpaired) electrons. The summed E-state index contributed by atoms with van der Waals surface area (Å²) in [5.74, 6) is -0.101. The fourth-order valence-electron chi connectivity index (χ4n) is 2.06. The van der Waals surface area contributed by atoms with E-state index in [0.717, 1.165) is 5.56 Å². The van der Waals surface area contributed by atoms with Crippen LogP contribution in [-0.4, -0.2) is 22.9 Å². The number of rotatable bonds is 5. The van der Waals surface area contributed by atoms with Crippen LogP contribution in [0, 0.1) is 5.92 Å². The Balaban J connectivity index is 2.18. The third-order valence-corrected chi connectivity index (χ3v) is 3.53. The summed E-state index contributed by atoms with van der Waals surface area (Å²) in [4.78, 5) is 18.5. The summed E-state index contributed by atoms with van der Waals surface area (Å²) in [6, 6.07) is 15.1. The lowest BCUT2D eigenvalue weighted by atomic mass is 9.98. The Morgan fingerprint density at radius 2 is 1.90 bits per heavy atom. The third-order valence-electron chi connectivity index (χ3n) is 3.25. The molecule has 1 amide bonds. The predicted octanol–water partition coefficient (Wildman–Crippen LogP) is 2.19. The van der Waals surface area contributed by atoms with E-state index in [1.165, 1.54) is 4.90 Å². The predicted molar refractivity (Wildman–Crippen MR) is 88.1 cm³/mol. The normalized spacial score (nSPS) is 11.7. The van der Waals surface area contributed by atoms with Crippen LogP contribution in [0.5, 0.6) is 0 Å². The average Bonchev–Trinajstić information content (AvgIpc) is 2.53. The molecule has 21 heavy (non-hydrogen) atoms. The first-order chi connectivity index (χ1) is 10.1. The fraction of sp³-hybridized carbons (Fsp3) is 0.188. The largest absolute Gasteiger partial charge is 0.393 e. The van der Waals surface area contributed by atoms with Crippen molar-refractivity contribution in [2.45, 2.75) is 6.42 Å². The smallest absolute Gasteiger partial charge is 0.238 e. The summed E-state index contributed by atoms with van der Waals surface area (Å²) in [6.45, 7) is 0. The number of amides is 1. The summed E-state index contributed by atoms with van der Waals surface area (Å²) >= 11 is 5.07. The quantitative estimate of drug-likeness (QED) is 0.860. The van der Waals surface area contributed by atoms with Crippen molar-refractivity contribution in [1.29, 1.82) is 0 Å². The van der Waals surface area contributed by atoms with Gasteiger partial charge < -0.3 is 5.73 Å². The molecular formula is C16H17N3OS. The molecule has 0 aliphatic heterocycles. The monoisotopic (exact) mass is 299 g/mol. The van der Waals surface area contributed by atoms with Gasteiger partial charge in [0.05, 0.1) is 10.9 Å². The van der Waals surface area contributed by atoms with Gasteiger partial charge >= 0.3 is 0 Å². The summed E-state index contributed by atoms with van der Waals surface area (Å²) in [7, 11) is 1.68. The number of carbonyl (C=O) groups excluding carboxylic acids is 1. The molecule has 0 aliphatic carbocycles. The van der Waals surface area contributed by atoms with E-state index in [4.69, 9.17) is 18.0 Å². The van der Waals surface area contributed by atoms with E-state index in [2.05, 4.69) is 4.98 Å². The summed E-state index contributed by atoms with van der Waals surface area (Å²) in [5.41, 5.74) is 6.79. The molecule has 2 rings (SSSR count). The Kier molecular flexibility index (Phi) is 5.00. The Labute approximate surface area is 129 Å². The number of benzene rings is 1. The second kappa shape index (κ2) is 6.95. The van der Waals surface area contributed by atoms with E-state index >= 15 is 0 Å². The van der Waals surface area contributed by atoms with Gasteiger partial charge in [-0.05, 0) is 24.1 Å². The number of pyridine rings is 1. The minimum Gasteiger partial charge on any atom is -0.393 e. The molecular weight excluding hydrogens is 282 g/mol. The zero-order chi connectivity index (χ0) is 15.2. The van der Waals surface area contributed by atoms with E-state index in [1.54, 1.807) is 25.4 Å². The standard InChI is InChI=1S/C16H17N3OS/c1-19(14-9-5-6-10-18-14)16(20)13(15(17)21)11-12-7-3-2-4-8-12/h2-10,13H,11H2,1H3,(H2,17,21). The Bertz CT molecular complexity index is 616. The highest BCUT2D eigenvalue weighted by atomic mass is 32.1. The third kappa shape index (κ3) is 3.86. The molecule has 1 atom stereocenters. The van der Waals surface area contributed by atoms with Crippen molar-refractivity contribution in [3.05, 3.63) is 60.3 Å². The molecule has 0 saturated carbocycles. The average molecular weight is 299 g/mol. The highest BCUT2D eigenvalue weighted by Gasteiger charge is 2.26. The first-order valence-corrected chi connectivity index (χ1v) is 7.02. The van der Waals surface area contributed by atoms with Gasteiger partial charge in [-0.25, -0.2) is 4.98 Å². The van der Waals surface area contributed by atoms with Crippen molar-refractivity contribution in [3.8, 4) is 0 Å². The Morgan fingerprint density at radius 1 is 1.24 bits per heavy atom. The molecule has 4 nitrogen and oxygen atoms in total. The van der Waals surface area contributed by atoms with Crippen molar-refractivity contribution >= 4 is 28.9 Å². The van der Waals surface area contributed by atoms with Crippen LogP contribution in [0.3, 0.4) is 0 Å². The molecule has 5 heteroatoms. The fourth-order valence-corrected chi connectivity index (χ4v) is 2.24. The topological polar surface area (TPSA) is 59.2 Å². The van der Waals surface area contributed by atoms with Gasteiger partial charge in [-0.1, -0.05) is 48.6 Å². The number of hydrogen-bond acceptors (Lipinski definition) is 3. The number of nitrogens with zero attached hydrogens (tertiary/aromatic N) is 2. The summed E-state index contributed by atoms with van der Waals surface area (Å²) < 4.78 is 0. The summed E-state index contributed by atoms with van der Waals surface area (Å²) in [5, 5.41) is 0. The lowest BCUT2D eigenvalue weighted by molar-refractivity contribution is -0.120. The van der Waals surface area contributed by atoms with Gasteiger partial charge in [-0.2, -0.15) is 0 Å². The zero-order valence-corrected chi connectivity index (χ0v) is 12.6. The molecule has 1 aromatic heterocycles. The van der Waals surface area contributed by atoms with Crippen molar-refractivity contribution < 1.29 is 4.79 Å². The molecule has 0 spiro atoms. The van der Waals surface area contributed by atoms with E-state index < -0.39 is 5.92 Å². The lowest BCUT2D eigenvalue weighted by Crippen LogP contribution is -2.40. The Hall–Kier alpha value is -2.27. The number of thiocarbonyl (C=S) groups is 1. The number of carbonyl (C=O) groups is 1. The maximum atomic E-state index is 12.6. The molecule has 1 aromatic carbocycles. The van der Waals surface area contributed by atoms with Gasteiger partial charge in [0.25, 0.3) is 0 Å². The molecule has 0 aliphatic rings.